The normalized spacial score (nSPS) is 48.4. The fourth-order valence-corrected chi connectivity index (χ4v) is 3.69. The molecule has 0 radical (unpaired) electrons. The molecule has 15 heavy (non-hydrogen) atoms. The molecule has 1 N–H and O–H groups in total. The Morgan fingerprint density at radius 2 is 1.87 bits per heavy atom. The van der Waals surface area contributed by atoms with Crippen LogP contribution < -0.4 is 0 Å². The smallest absolute Gasteiger partial charge is 0.168 e. The van der Waals surface area contributed by atoms with Crippen molar-refractivity contribution in [2.75, 3.05) is 13.2 Å². The fraction of sp³-hybridized carbons (Fsp3) is 1.00. The zero-order valence-corrected chi connectivity index (χ0v) is 9.37. The molecular weight excluding hydrogens is 192 g/mol. The van der Waals surface area contributed by atoms with Crippen molar-refractivity contribution in [1.82, 2.24) is 0 Å². The van der Waals surface area contributed by atoms with E-state index in [0.717, 1.165) is 45.3 Å². The van der Waals surface area contributed by atoms with Gasteiger partial charge in [0.1, 0.15) is 0 Å². The molecule has 3 atom stereocenters. The molecule has 3 aliphatic rings. The minimum absolute atomic E-state index is 0.110. The maximum atomic E-state index is 10.0. The minimum atomic E-state index is -0.283. The second-order valence-electron chi connectivity index (χ2n) is 5.61. The van der Waals surface area contributed by atoms with Gasteiger partial charge in [-0.05, 0) is 30.6 Å². The first kappa shape index (κ1) is 10.1. The topological polar surface area (TPSA) is 38.7 Å². The zero-order chi connectivity index (χ0) is 10.5. The molecular formula is C12H20O3. The summed E-state index contributed by atoms with van der Waals surface area (Å²) in [6, 6.07) is 0. The maximum absolute atomic E-state index is 10.0. The van der Waals surface area contributed by atoms with Gasteiger partial charge in [-0.15, -0.1) is 0 Å². The van der Waals surface area contributed by atoms with Crippen LogP contribution >= 0.6 is 0 Å². The maximum Gasteiger partial charge on any atom is 0.168 e. The second kappa shape index (κ2) is 3.19. The average Bonchev–Trinajstić information content (AvgIpc) is 2.78. The summed E-state index contributed by atoms with van der Waals surface area (Å²) < 4.78 is 11.5. The number of ether oxygens (including phenoxy) is 2. The predicted molar refractivity (Wildman–Crippen MR) is 55.3 cm³/mol. The number of aliphatic hydroxyl groups excluding tert-OH is 1. The molecule has 2 aliphatic carbocycles. The number of aliphatic hydroxyl groups is 1. The molecule has 0 aromatic carbocycles. The predicted octanol–water partition coefficient (Wildman–Crippen LogP) is 1.69. The van der Waals surface area contributed by atoms with E-state index < -0.39 is 0 Å². The van der Waals surface area contributed by atoms with Gasteiger partial charge in [0.05, 0.1) is 19.3 Å². The molecule has 1 spiro atoms. The van der Waals surface area contributed by atoms with E-state index in [1.165, 1.54) is 0 Å². The molecule has 0 unspecified atom stereocenters. The summed E-state index contributed by atoms with van der Waals surface area (Å²) in [5.74, 6) is 0.299. The first-order chi connectivity index (χ1) is 7.15. The first-order valence-electron chi connectivity index (χ1n) is 6.11. The lowest BCUT2D eigenvalue weighted by Crippen LogP contribution is -2.46. The second-order valence-corrected chi connectivity index (χ2v) is 5.61. The highest BCUT2D eigenvalue weighted by molar-refractivity contribution is 5.02. The third kappa shape index (κ3) is 1.37. The number of hydrogen-bond acceptors (Lipinski definition) is 3. The highest BCUT2D eigenvalue weighted by atomic mass is 16.7. The van der Waals surface area contributed by atoms with Crippen LogP contribution in [0.5, 0.6) is 0 Å². The molecule has 3 rings (SSSR count). The van der Waals surface area contributed by atoms with Crippen molar-refractivity contribution in [3.05, 3.63) is 0 Å². The van der Waals surface area contributed by atoms with Gasteiger partial charge in [-0.25, -0.2) is 0 Å². The molecule has 0 bridgehead atoms. The van der Waals surface area contributed by atoms with Crippen LogP contribution in [0.2, 0.25) is 0 Å². The third-order valence-electron chi connectivity index (χ3n) is 4.90. The van der Waals surface area contributed by atoms with Crippen LogP contribution in [0.25, 0.3) is 0 Å². The van der Waals surface area contributed by atoms with Crippen LogP contribution in [0, 0.1) is 11.3 Å². The number of fused-ring (bicyclic) bond motifs is 1. The summed E-state index contributed by atoms with van der Waals surface area (Å²) in [6.07, 6.45) is 4.96. The molecule has 3 heteroatoms. The van der Waals surface area contributed by atoms with Gasteiger partial charge < -0.3 is 14.6 Å². The molecule has 1 saturated heterocycles. The van der Waals surface area contributed by atoms with Crippen LogP contribution in [0.15, 0.2) is 0 Å². The zero-order valence-electron chi connectivity index (χ0n) is 9.37. The number of rotatable bonds is 0. The van der Waals surface area contributed by atoms with E-state index in [2.05, 4.69) is 6.92 Å². The lowest BCUT2D eigenvalue weighted by molar-refractivity contribution is -0.208. The molecule has 0 aromatic heterocycles. The summed E-state index contributed by atoms with van der Waals surface area (Å²) in [7, 11) is 0. The monoisotopic (exact) mass is 212 g/mol. The van der Waals surface area contributed by atoms with Gasteiger partial charge in [0.15, 0.2) is 5.79 Å². The molecule has 3 fully saturated rings. The Balaban J connectivity index is 1.80. The van der Waals surface area contributed by atoms with Gasteiger partial charge in [-0.2, -0.15) is 0 Å². The van der Waals surface area contributed by atoms with Crippen LogP contribution in [0.4, 0.5) is 0 Å². The Kier molecular flexibility index (Phi) is 2.14. The molecule has 0 aromatic rings. The molecule has 1 heterocycles. The Hall–Kier alpha value is -0.120. The van der Waals surface area contributed by atoms with Gasteiger partial charge >= 0.3 is 0 Å². The van der Waals surface area contributed by atoms with E-state index in [4.69, 9.17) is 9.47 Å². The standard InChI is InChI=1S/C12H20O3/c1-11-4-5-12(14-6-7-15-12)8-9(11)2-3-10(11)13/h9-10,13H,2-8H2,1H3/t9-,10+,11+/m1/s1. The highest BCUT2D eigenvalue weighted by Gasteiger charge is 2.55. The van der Waals surface area contributed by atoms with Crippen LogP contribution in [-0.4, -0.2) is 30.2 Å². The minimum Gasteiger partial charge on any atom is -0.393 e. The van der Waals surface area contributed by atoms with E-state index in [-0.39, 0.29) is 17.3 Å². The van der Waals surface area contributed by atoms with E-state index in [9.17, 15) is 5.11 Å². The van der Waals surface area contributed by atoms with E-state index in [1.54, 1.807) is 0 Å². The van der Waals surface area contributed by atoms with Crippen LogP contribution in [0.1, 0.15) is 39.0 Å². The Bertz CT molecular complexity index is 260. The van der Waals surface area contributed by atoms with Gasteiger partial charge in [0.25, 0.3) is 0 Å². The van der Waals surface area contributed by atoms with Crippen molar-refractivity contribution < 1.29 is 14.6 Å². The summed E-state index contributed by atoms with van der Waals surface area (Å²) in [4.78, 5) is 0. The van der Waals surface area contributed by atoms with Crippen molar-refractivity contribution in [2.24, 2.45) is 11.3 Å². The quantitative estimate of drug-likeness (QED) is 0.664. The summed E-state index contributed by atoms with van der Waals surface area (Å²) in [5.41, 5.74) is 0.126. The number of hydrogen-bond donors (Lipinski definition) is 1. The molecule has 3 nitrogen and oxygen atoms in total. The van der Waals surface area contributed by atoms with E-state index >= 15 is 0 Å². The van der Waals surface area contributed by atoms with Crippen molar-refractivity contribution in [1.29, 1.82) is 0 Å². The summed E-state index contributed by atoms with van der Waals surface area (Å²) in [5, 5.41) is 10.0. The van der Waals surface area contributed by atoms with Crippen molar-refractivity contribution >= 4 is 0 Å². The SMILES string of the molecule is C[C@]12CCC3(C[C@H]1CC[C@@H]2O)OCCO3. The Labute approximate surface area is 90.8 Å². The van der Waals surface area contributed by atoms with Crippen molar-refractivity contribution in [3.63, 3.8) is 0 Å². The van der Waals surface area contributed by atoms with E-state index in [0.29, 0.717) is 5.92 Å². The lowest BCUT2D eigenvalue weighted by Gasteiger charge is -2.45. The van der Waals surface area contributed by atoms with Gasteiger partial charge in [0.2, 0.25) is 0 Å². The molecule has 1 aliphatic heterocycles. The third-order valence-corrected chi connectivity index (χ3v) is 4.90. The van der Waals surface area contributed by atoms with E-state index in [1.807, 2.05) is 0 Å². The van der Waals surface area contributed by atoms with Gasteiger partial charge in [0, 0.05) is 12.8 Å². The summed E-state index contributed by atoms with van der Waals surface area (Å²) in [6.45, 7) is 3.72. The van der Waals surface area contributed by atoms with Gasteiger partial charge in [-0.1, -0.05) is 6.92 Å². The van der Waals surface area contributed by atoms with Crippen LogP contribution in [-0.2, 0) is 9.47 Å². The van der Waals surface area contributed by atoms with Gasteiger partial charge in [-0.3, -0.25) is 0 Å². The fourth-order valence-electron chi connectivity index (χ4n) is 3.69. The molecule has 0 amide bonds. The Morgan fingerprint density at radius 1 is 1.13 bits per heavy atom. The van der Waals surface area contributed by atoms with Crippen molar-refractivity contribution in [3.8, 4) is 0 Å². The Morgan fingerprint density at radius 3 is 2.60 bits per heavy atom. The molecule has 2 saturated carbocycles. The van der Waals surface area contributed by atoms with Crippen molar-refractivity contribution in [2.45, 2.75) is 50.9 Å². The average molecular weight is 212 g/mol. The lowest BCUT2D eigenvalue weighted by atomic mass is 9.66. The largest absolute Gasteiger partial charge is 0.393 e. The summed E-state index contributed by atoms with van der Waals surface area (Å²) >= 11 is 0. The van der Waals surface area contributed by atoms with Crippen LogP contribution in [0.3, 0.4) is 0 Å². The molecule has 86 valence electrons. The first-order valence-corrected chi connectivity index (χ1v) is 6.11. The highest BCUT2D eigenvalue weighted by Crippen LogP contribution is 2.56.